The van der Waals surface area contributed by atoms with Gasteiger partial charge in [-0.15, -0.1) is 0 Å². The van der Waals surface area contributed by atoms with E-state index in [4.69, 9.17) is 34.5 Å². The van der Waals surface area contributed by atoms with Gasteiger partial charge in [0, 0.05) is 5.02 Å². The van der Waals surface area contributed by atoms with Gasteiger partial charge in [0.05, 0.1) is 5.69 Å². The largest absolute Gasteiger partial charge is 0.369 e. The molecule has 1 aliphatic heterocycles. The molecule has 0 spiro atoms. The SMILES string of the molecule is NC1=NC(N)N(C(N)=Nc2ccc(Cl)cc2)C(N)=N1. The second-order valence-electron chi connectivity index (χ2n) is 3.69. The van der Waals surface area contributed by atoms with Gasteiger partial charge in [-0.1, -0.05) is 11.6 Å². The summed E-state index contributed by atoms with van der Waals surface area (Å²) in [7, 11) is 0. The van der Waals surface area contributed by atoms with Crippen LogP contribution >= 0.6 is 11.6 Å². The third-order valence-electron chi connectivity index (χ3n) is 2.32. The minimum absolute atomic E-state index is 0.000503. The molecule has 1 aromatic rings. The molecule has 1 heterocycles. The van der Waals surface area contributed by atoms with Crippen molar-refractivity contribution in [2.24, 2.45) is 37.9 Å². The van der Waals surface area contributed by atoms with Crippen molar-refractivity contribution in [1.29, 1.82) is 0 Å². The summed E-state index contributed by atoms with van der Waals surface area (Å²) in [6.07, 6.45) is -0.853. The average molecular weight is 281 g/mol. The van der Waals surface area contributed by atoms with Crippen LogP contribution in [0.25, 0.3) is 0 Å². The lowest BCUT2D eigenvalue weighted by atomic mass is 10.3. The molecular formula is C10H13ClN8. The molecule has 19 heavy (non-hydrogen) atoms. The Morgan fingerprint density at radius 1 is 1.26 bits per heavy atom. The first-order valence-corrected chi connectivity index (χ1v) is 5.67. The molecule has 2 rings (SSSR count). The van der Waals surface area contributed by atoms with Gasteiger partial charge in [-0.3, -0.25) is 5.73 Å². The normalized spacial score (nSPS) is 20.0. The molecule has 0 aliphatic carbocycles. The van der Waals surface area contributed by atoms with Crippen molar-refractivity contribution in [3.05, 3.63) is 29.3 Å². The fraction of sp³-hybridized carbons (Fsp3) is 0.100. The fourth-order valence-electron chi connectivity index (χ4n) is 1.48. The van der Waals surface area contributed by atoms with E-state index in [1.807, 2.05) is 0 Å². The zero-order chi connectivity index (χ0) is 14.0. The first-order chi connectivity index (χ1) is 8.97. The van der Waals surface area contributed by atoms with Crippen LogP contribution in [-0.2, 0) is 0 Å². The van der Waals surface area contributed by atoms with E-state index in [1.54, 1.807) is 24.3 Å². The van der Waals surface area contributed by atoms with Gasteiger partial charge in [0.25, 0.3) is 0 Å². The van der Waals surface area contributed by atoms with Crippen LogP contribution in [-0.4, -0.2) is 29.1 Å². The molecule has 0 amide bonds. The van der Waals surface area contributed by atoms with E-state index in [2.05, 4.69) is 15.0 Å². The number of hydrogen-bond acceptors (Lipinski definition) is 6. The van der Waals surface area contributed by atoms with E-state index in [0.717, 1.165) is 0 Å². The summed E-state index contributed by atoms with van der Waals surface area (Å²) in [6.45, 7) is 0. The van der Waals surface area contributed by atoms with Crippen LogP contribution in [0.5, 0.6) is 0 Å². The van der Waals surface area contributed by atoms with E-state index in [-0.39, 0.29) is 17.9 Å². The van der Waals surface area contributed by atoms with Crippen LogP contribution in [0.2, 0.25) is 5.02 Å². The minimum atomic E-state index is -0.853. The Bertz CT molecular complexity index is 561. The second-order valence-corrected chi connectivity index (χ2v) is 4.12. The molecule has 1 unspecified atom stereocenters. The summed E-state index contributed by atoms with van der Waals surface area (Å²) in [5.74, 6) is 0.100. The molecule has 0 saturated heterocycles. The number of halogens is 1. The number of guanidine groups is 3. The van der Waals surface area contributed by atoms with Gasteiger partial charge in [-0.2, -0.15) is 4.99 Å². The van der Waals surface area contributed by atoms with Gasteiger partial charge in [-0.05, 0) is 24.3 Å². The van der Waals surface area contributed by atoms with Gasteiger partial charge in [0.2, 0.25) is 17.9 Å². The molecule has 1 atom stereocenters. The lowest BCUT2D eigenvalue weighted by Crippen LogP contribution is -2.57. The van der Waals surface area contributed by atoms with Crippen LogP contribution in [0.1, 0.15) is 0 Å². The molecule has 1 aliphatic rings. The van der Waals surface area contributed by atoms with E-state index in [0.29, 0.717) is 10.7 Å². The molecule has 0 radical (unpaired) electrons. The van der Waals surface area contributed by atoms with Crippen molar-refractivity contribution in [2.45, 2.75) is 6.29 Å². The number of hydrogen-bond donors (Lipinski definition) is 4. The molecule has 0 aromatic heterocycles. The molecular weight excluding hydrogens is 268 g/mol. The molecule has 0 fully saturated rings. The van der Waals surface area contributed by atoms with Crippen molar-refractivity contribution in [1.82, 2.24) is 4.90 Å². The molecule has 0 saturated carbocycles. The highest BCUT2D eigenvalue weighted by Gasteiger charge is 2.24. The zero-order valence-corrected chi connectivity index (χ0v) is 10.6. The predicted molar refractivity (Wildman–Crippen MR) is 75.8 cm³/mol. The van der Waals surface area contributed by atoms with Crippen molar-refractivity contribution in [3.8, 4) is 0 Å². The van der Waals surface area contributed by atoms with Crippen LogP contribution in [0.3, 0.4) is 0 Å². The standard InChI is InChI=1S/C10H13ClN8/c11-5-1-3-6(4-2-5)16-8(13)19-9(14)17-7(12)18-10(19)15/h1-4,9H,14H2,(H2,13,16)(H4,12,15,17,18). The number of aliphatic imine (C=N–C) groups is 3. The summed E-state index contributed by atoms with van der Waals surface area (Å²) >= 11 is 5.78. The number of rotatable bonds is 1. The van der Waals surface area contributed by atoms with Crippen LogP contribution in [0.15, 0.2) is 39.2 Å². The topological polar surface area (TPSA) is 144 Å². The van der Waals surface area contributed by atoms with Gasteiger partial charge in [0.15, 0.2) is 6.29 Å². The third kappa shape index (κ3) is 2.92. The van der Waals surface area contributed by atoms with Crippen LogP contribution in [0, 0.1) is 0 Å². The van der Waals surface area contributed by atoms with Crippen molar-refractivity contribution in [2.75, 3.05) is 0 Å². The maximum atomic E-state index is 5.84. The second kappa shape index (κ2) is 5.12. The number of nitrogens with zero attached hydrogens (tertiary/aromatic N) is 4. The molecule has 1 aromatic carbocycles. The summed E-state index contributed by atoms with van der Waals surface area (Å²) < 4.78 is 0. The molecule has 9 heteroatoms. The fourth-order valence-corrected chi connectivity index (χ4v) is 1.61. The Balaban J connectivity index is 2.27. The maximum Gasteiger partial charge on any atom is 0.221 e. The van der Waals surface area contributed by atoms with Crippen molar-refractivity contribution in [3.63, 3.8) is 0 Å². The van der Waals surface area contributed by atoms with Crippen molar-refractivity contribution >= 4 is 35.2 Å². The molecule has 8 nitrogen and oxygen atoms in total. The molecule has 0 bridgehead atoms. The summed E-state index contributed by atoms with van der Waals surface area (Å²) in [5.41, 5.74) is 23.3. The van der Waals surface area contributed by atoms with Gasteiger partial charge < -0.3 is 17.2 Å². The molecule has 8 N–H and O–H groups in total. The average Bonchev–Trinajstić information content (AvgIpc) is 2.30. The Morgan fingerprint density at radius 2 is 1.89 bits per heavy atom. The van der Waals surface area contributed by atoms with Gasteiger partial charge in [0.1, 0.15) is 0 Å². The van der Waals surface area contributed by atoms with Gasteiger partial charge >= 0.3 is 0 Å². The predicted octanol–water partition coefficient (Wildman–Crippen LogP) is -0.526. The monoisotopic (exact) mass is 280 g/mol. The van der Waals surface area contributed by atoms with Crippen LogP contribution < -0.4 is 22.9 Å². The summed E-state index contributed by atoms with van der Waals surface area (Å²) in [5, 5.41) is 0.602. The molecule has 100 valence electrons. The first-order valence-electron chi connectivity index (χ1n) is 5.29. The highest BCUT2D eigenvalue weighted by Crippen LogP contribution is 2.16. The highest BCUT2D eigenvalue weighted by molar-refractivity contribution is 6.30. The Labute approximate surface area is 114 Å². The van der Waals surface area contributed by atoms with E-state index in [9.17, 15) is 0 Å². The first kappa shape index (κ1) is 13.1. The Morgan fingerprint density at radius 3 is 2.47 bits per heavy atom. The smallest absolute Gasteiger partial charge is 0.221 e. The van der Waals surface area contributed by atoms with E-state index >= 15 is 0 Å². The van der Waals surface area contributed by atoms with E-state index in [1.165, 1.54) is 4.90 Å². The minimum Gasteiger partial charge on any atom is -0.369 e. The van der Waals surface area contributed by atoms with Crippen molar-refractivity contribution < 1.29 is 0 Å². The maximum absolute atomic E-state index is 5.84. The summed E-state index contributed by atoms with van der Waals surface area (Å²) in [6, 6.07) is 6.79. The van der Waals surface area contributed by atoms with Crippen LogP contribution in [0.4, 0.5) is 5.69 Å². The summed E-state index contributed by atoms with van der Waals surface area (Å²) in [4.78, 5) is 13.0. The number of nitrogens with two attached hydrogens (primary N) is 4. The Kier molecular flexibility index (Phi) is 3.54. The lowest BCUT2D eigenvalue weighted by Gasteiger charge is -2.28. The third-order valence-corrected chi connectivity index (χ3v) is 2.57. The van der Waals surface area contributed by atoms with E-state index < -0.39 is 6.29 Å². The number of benzene rings is 1. The quantitative estimate of drug-likeness (QED) is 0.404. The zero-order valence-electron chi connectivity index (χ0n) is 9.86. The van der Waals surface area contributed by atoms with Gasteiger partial charge in [-0.25, -0.2) is 14.9 Å². The lowest BCUT2D eigenvalue weighted by molar-refractivity contribution is 0.446. The highest BCUT2D eigenvalue weighted by atomic mass is 35.5. The Hall–Kier alpha value is -2.32.